The summed E-state index contributed by atoms with van der Waals surface area (Å²) in [6.45, 7) is 0. The van der Waals surface area contributed by atoms with Gasteiger partial charge in [-0.25, -0.2) is 4.79 Å². The number of nitrogens with two attached hydrogens (primary N) is 3. The molecule has 0 heterocycles. The fourth-order valence-corrected chi connectivity index (χ4v) is 1.01. The summed E-state index contributed by atoms with van der Waals surface area (Å²) in [5, 5.41) is 8.78. The third kappa shape index (κ3) is 2.16. The minimum Gasteiger partial charge on any atom is -0.478 e. The van der Waals surface area contributed by atoms with E-state index in [-0.39, 0.29) is 11.3 Å². The van der Waals surface area contributed by atoms with E-state index in [1.807, 2.05) is 0 Å². The molecule has 1 aliphatic carbocycles. The molecule has 14 heavy (non-hydrogen) atoms. The van der Waals surface area contributed by atoms with Crippen molar-refractivity contribution in [3.8, 4) is 0 Å². The molecule has 0 spiro atoms. The predicted molar refractivity (Wildman–Crippen MR) is 52.5 cm³/mol. The molecule has 0 aromatic carbocycles. The maximum Gasteiger partial charge on any atom is 0.337 e. The van der Waals surface area contributed by atoms with Gasteiger partial charge in [0.2, 0.25) is 0 Å². The SMILES string of the molecule is NC1=CC=C(C(=O)O)C(N)=CC(N)=C1. The third-order valence-electron chi connectivity index (χ3n) is 1.64. The van der Waals surface area contributed by atoms with Gasteiger partial charge in [0.05, 0.1) is 5.57 Å². The molecule has 0 unspecified atom stereocenters. The number of allylic oxidation sites excluding steroid dienone is 4. The van der Waals surface area contributed by atoms with E-state index in [0.717, 1.165) is 0 Å². The lowest BCUT2D eigenvalue weighted by atomic mass is 10.1. The Labute approximate surface area is 80.9 Å². The second-order valence-corrected chi connectivity index (χ2v) is 2.80. The van der Waals surface area contributed by atoms with Gasteiger partial charge in [0.15, 0.2) is 0 Å². The molecular formula is C9H11N3O2. The summed E-state index contributed by atoms with van der Waals surface area (Å²) in [5.74, 6) is -1.11. The Kier molecular flexibility index (Phi) is 2.62. The molecule has 0 fully saturated rings. The van der Waals surface area contributed by atoms with Crippen LogP contribution in [0.4, 0.5) is 0 Å². The minimum atomic E-state index is -1.11. The molecule has 0 amide bonds. The van der Waals surface area contributed by atoms with Crippen LogP contribution in [0, 0.1) is 0 Å². The van der Waals surface area contributed by atoms with Crippen molar-refractivity contribution in [3.63, 3.8) is 0 Å². The third-order valence-corrected chi connectivity index (χ3v) is 1.64. The fourth-order valence-electron chi connectivity index (χ4n) is 1.01. The highest BCUT2D eigenvalue weighted by molar-refractivity contribution is 5.92. The number of carboxylic acids is 1. The minimum absolute atomic E-state index is 0.0241. The van der Waals surface area contributed by atoms with Gasteiger partial charge < -0.3 is 22.3 Å². The van der Waals surface area contributed by atoms with E-state index >= 15 is 0 Å². The lowest BCUT2D eigenvalue weighted by molar-refractivity contribution is -0.132. The average molecular weight is 193 g/mol. The molecule has 1 aliphatic rings. The Morgan fingerprint density at radius 3 is 2.29 bits per heavy atom. The molecule has 0 aliphatic heterocycles. The molecule has 0 aromatic rings. The number of carboxylic acid groups (broad SMARTS) is 1. The van der Waals surface area contributed by atoms with Crippen molar-refractivity contribution in [2.45, 2.75) is 0 Å². The molecule has 0 saturated carbocycles. The first-order valence-corrected chi connectivity index (χ1v) is 3.86. The van der Waals surface area contributed by atoms with Crippen LogP contribution in [0.1, 0.15) is 0 Å². The number of rotatable bonds is 1. The van der Waals surface area contributed by atoms with E-state index in [1.165, 1.54) is 24.3 Å². The highest BCUT2D eigenvalue weighted by atomic mass is 16.4. The number of hydrogen-bond acceptors (Lipinski definition) is 4. The second kappa shape index (κ2) is 3.69. The van der Waals surface area contributed by atoms with Gasteiger partial charge in [-0.2, -0.15) is 0 Å². The van der Waals surface area contributed by atoms with Gasteiger partial charge in [-0.1, -0.05) is 0 Å². The smallest absolute Gasteiger partial charge is 0.337 e. The lowest BCUT2D eigenvalue weighted by Crippen LogP contribution is -2.13. The second-order valence-electron chi connectivity index (χ2n) is 2.80. The highest BCUT2D eigenvalue weighted by Gasteiger charge is 2.10. The molecule has 0 aromatic heterocycles. The highest BCUT2D eigenvalue weighted by Crippen LogP contribution is 2.10. The Balaban J connectivity index is 3.20. The molecule has 0 radical (unpaired) electrons. The number of hydrogen-bond donors (Lipinski definition) is 4. The van der Waals surface area contributed by atoms with Gasteiger partial charge in [-0.05, 0) is 24.3 Å². The topological polar surface area (TPSA) is 115 Å². The van der Waals surface area contributed by atoms with E-state index in [4.69, 9.17) is 22.3 Å². The van der Waals surface area contributed by atoms with Crippen LogP contribution < -0.4 is 17.2 Å². The Morgan fingerprint density at radius 1 is 1.07 bits per heavy atom. The summed E-state index contributed by atoms with van der Waals surface area (Å²) < 4.78 is 0. The molecule has 0 saturated heterocycles. The van der Waals surface area contributed by atoms with Crippen LogP contribution in [-0.4, -0.2) is 11.1 Å². The normalized spacial score (nSPS) is 16.9. The Hall–Kier alpha value is -2.17. The molecular weight excluding hydrogens is 182 g/mol. The van der Waals surface area contributed by atoms with Crippen LogP contribution in [0.3, 0.4) is 0 Å². The van der Waals surface area contributed by atoms with E-state index in [0.29, 0.717) is 11.4 Å². The zero-order valence-corrected chi connectivity index (χ0v) is 7.40. The monoisotopic (exact) mass is 193 g/mol. The standard InChI is InChI=1S/C9H11N3O2/c10-5-1-2-7(9(13)14)8(12)4-6(11)3-5/h1-4H,10-12H2,(H,13,14). The maximum absolute atomic E-state index is 10.7. The van der Waals surface area contributed by atoms with Crippen molar-refractivity contribution < 1.29 is 9.90 Å². The van der Waals surface area contributed by atoms with Crippen LogP contribution in [0.5, 0.6) is 0 Å². The van der Waals surface area contributed by atoms with Crippen molar-refractivity contribution in [1.82, 2.24) is 0 Å². The lowest BCUT2D eigenvalue weighted by Gasteiger charge is -2.05. The quantitative estimate of drug-likeness (QED) is 0.449. The first-order valence-electron chi connectivity index (χ1n) is 3.86. The van der Waals surface area contributed by atoms with Crippen LogP contribution in [-0.2, 0) is 4.79 Å². The molecule has 1 rings (SSSR count). The van der Waals surface area contributed by atoms with E-state index in [2.05, 4.69) is 0 Å². The average Bonchev–Trinajstić information content (AvgIpc) is 2.00. The zero-order chi connectivity index (χ0) is 10.7. The molecule has 5 nitrogen and oxygen atoms in total. The summed E-state index contributed by atoms with van der Waals surface area (Å²) in [7, 11) is 0. The molecule has 0 bridgehead atoms. The van der Waals surface area contributed by atoms with Gasteiger partial charge in [0, 0.05) is 17.1 Å². The van der Waals surface area contributed by atoms with Gasteiger partial charge >= 0.3 is 5.97 Å². The molecule has 74 valence electrons. The molecule has 0 atom stereocenters. The summed E-state index contributed by atoms with van der Waals surface area (Å²) >= 11 is 0. The first-order chi connectivity index (χ1) is 6.50. The zero-order valence-electron chi connectivity index (χ0n) is 7.40. The van der Waals surface area contributed by atoms with Crippen LogP contribution in [0.2, 0.25) is 0 Å². The van der Waals surface area contributed by atoms with Gasteiger partial charge in [-0.3, -0.25) is 0 Å². The van der Waals surface area contributed by atoms with Crippen molar-refractivity contribution in [2.75, 3.05) is 0 Å². The Bertz CT molecular complexity index is 389. The summed E-state index contributed by atoms with van der Waals surface area (Å²) in [5.41, 5.74) is 17.3. The summed E-state index contributed by atoms with van der Waals surface area (Å²) in [4.78, 5) is 10.7. The number of carbonyl (C=O) groups is 1. The summed E-state index contributed by atoms with van der Waals surface area (Å²) in [6.07, 6.45) is 5.64. The maximum atomic E-state index is 10.7. The first kappa shape index (κ1) is 9.91. The van der Waals surface area contributed by atoms with Crippen molar-refractivity contribution in [1.29, 1.82) is 0 Å². The van der Waals surface area contributed by atoms with E-state index in [9.17, 15) is 4.79 Å². The van der Waals surface area contributed by atoms with Gasteiger partial charge in [0.1, 0.15) is 0 Å². The van der Waals surface area contributed by atoms with Crippen molar-refractivity contribution in [3.05, 3.63) is 47.0 Å². The summed E-state index contributed by atoms with van der Waals surface area (Å²) in [6, 6.07) is 0. The van der Waals surface area contributed by atoms with Crippen LogP contribution in [0.25, 0.3) is 0 Å². The number of aliphatic carboxylic acids is 1. The fraction of sp³-hybridized carbons (Fsp3) is 0. The van der Waals surface area contributed by atoms with Crippen LogP contribution >= 0.6 is 0 Å². The van der Waals surface area contributed by atoms with E-state index in [1.54, 1.807) is 0 Å². The molecule has 7 N–H and O–H groups in total. The van der Waals surface area contributed by atoms with Crippen molar-refractivity contribution >= 4 is 5.97 Å². The van der Waals surface area contributed by atoms with Gasteiger partial charge in [-0.15, -0.1) is 0 Å². The predicted octanol–water partition coefficient (Wildman–Crippen LogP) is -0.461. The largest absolute Gasteiger partial charge is 0.478 e. The van der Waals surface area contributed by atoms with Gasteiger partial charge in [0.25, 0.3) is 0 Å². The molecule has 5 heteroatoms. The van der Waals surface area contributed by atoms with Crippen LogP contribution in [0.15, 0.2) is 47.0 Å². The van der Waals surface area contributed by atoms with Crippen molar-refractivity contribution in [2.24, 2.45) is 17.2 Å². The Morgan fingerprint density at radius 2 is 1.71 bits per heavy atom. The van der Waals surface area contributed by atoms with E-state index < -0.39 is 5.97 Å².